The number of likely N-dealkylation sites (tertiary alicyclic amines) is 1. The number of amides is 1. The van der Waals surface area contributed by atoms with Crippen LogP contribution in [0, 0.1) is 5.41 Å². The fourth-order valence-corrected chi connectivity index (χ4v) is 2.91. The maximum Gasteiger partial charge on any atom is 0.228 e. The van der Waals surface area contributed by atoms with Gasteiger partial charge < -0.3 is 4.90 Å². The predicted octanol–water partition coefficient (Wildman–Crippen LogP) is 4.57. The summed E-state index contributed by atoms with van der Waals surface area (Å²) < 4.78 is 0. The Morgan fingerprint density at radius 1 is 1.20 bits per heavy atom. The van der Waals surface area contributed by atoms with Gasteiger partial charge in [0.15, 0.2) is 0 Å². The Bertz CT molecular complexity index is 438. The molecule has 1 aliphatic rings. The van der Waals surface area contributed by atoms with E-state index in [9.17, 15) is 4.79 Å². The average Bonchev–Trinajstić information content (AvgIpc) is 2.73. The lowest BCUT2D eigenvalue weighted by atomic mass is 9.87. The Labute approximate surface area is 123 Å². The Morgan fingerprint density at radius 2 is 1.90 bits per heavy atom. The molecule has 0 radical (unpaired) electrons. The molecule has 0 N–H and O–H groups in total. The highest BCUT2D eigenvalue weighted by Gasteiger charge is 2.35. The van der Waals surface area contributed by atoms with Gasteiger partial charge in [0.2, 0.25) is 5.91 Å². The molecule has 1 amide bonds. The Balaban J connectivity index is 2.28. The first kappa shape index (κ1) is 15.1. The van der Waals surface area contributed by atoms with Crippen LogP contribution in [0.25, 0.3) is 0 Å². The standard InChI is InChI=1S/C18H27NO/c1-4-18(2,3)17(20)19-14-10-6-9-13-16(19)15-11-7-5-8-12-15/h5,7-8,11-12,16H,4,6,9-10,13-14H2,1-3H3. The summed E-state index contributed by atoms with van der Waals surface area (Å²) in [4.78, 5) is 15.1. The highest BCUT2D eigenvalue weighted by molar-refractivity contribution is 5.82. The first-order chi connectivity index (χ1) is 9.56. The lowest BCUT2D eigenvalue weighted by Gasteiger charge is -2.36. The van der Waals surface area contributed by atoms with Crippen molar-refractivity contribution in [3.05, 3.63) is 35.9 Å². The van der Waals surface area contributed by atoms with Gasteiger partial charge in [-0.3, -0.25) is 4.79 Å². The highest BCUT2D eigenvalue weighted by atomic mass is 16.2. The molecule has 2 nitrogen and oxygen atoms in total. The summed E-state index contributed by atoms with van der Waals surface area (Å²) in [6.45, 7) is 7.15. The molecule has 1 aromatic rings. The molecular formula is C18H27NO. The molecule has 1 aliphatic heterocycles. The van der Waals surface area contributed by atoms with Gasteiger partial charge in [-0.05, 0) is 24.8 Å². The zero-order valence-corrected chi connectivity index (χ0v) is 13.1. The number of hydrogen-bond acceptors (Lipinski definition) is 1. The Kier molecular flexibility index (Phi) is 4.85. The van der Waals surface area contributed by atoms with Crippen molar-refractivity contribution in [3.8, 4) is 0 Å². The van der Waals surface area contributed by atoms with Gasteiger partial charge in [0, 0.05) is 12.0 Å². The van der Waals surface area contributed by atoms with Crippen LogP contribution < -0.4 is 0 Å². The molecular weight excluding hydrogens is 246 g/mol. The first-order valence-electron chi connectivity index (χ1n) is 7.92. The molecule has 0 bridgehead atoms. The van der Waals surface area contributed by atoms with Gasteiger partial charge in [-0.25, -0.2) is 0 Å². The van der Waals surface area contributed by atoms with Gasteiger partial charge in [0.05, 0.1) is 6.04 Å². The summed E-state index contributed by atoms with van der Waals surface area (Å²) in [5, 5.41) is 0. The summed E-state index contributed by atoms with van der Waals surface area (Å²) in [7, 11) is 0. The maximum absolute atomic E-state index is 12.9. The van der Waals surface area contributed by atoms with Gasteiger partial charge in [-0.1, -0.05) is 63.9 Å². The van der Waals surface area contributed by atoms with E-state index in [1.54, 1.807) is 0 Å². The van der Waals surface area contributed by atoms with Crippen LogP contribution in [0.5, 0.6) is 0 Å². The van der Waals surface area contributed by atoms with E-state index in [1.807, 2.05) is 6.07 Å². The van der Waals surface area contributed by atoms with Gasteiger partial charge in [-0.2, -0.15) is 0 Å². The van der Waals surface area contributed by atoms with Crippen molar-refractivity contribution in [3.63, 3.8) is 0 Å². The van der Waals surface area contributed by atoms with Crippen LogP contribution in [0.3, 0.4) is 0 Å². The Hall–Kier alpha value is -1.31. The lowest BCUT2D eigenvalue weighted by Crippen LogP contribution is -2.42. The minimum atomic E-state index is -0.253. The van der Waals surface area contributed by atoms with Crippen LogP contribution in [0.2, 0.25) is 0 Å². The number of carbonyl (C=O) groups excluding carboxylic acids is 1. The molecule has 2 rings (SSSR count). The van der Waals surface area contributed by atoms with E-state index in [4.69, 9.17) is 0 Å². The molecule has 1 fully saturated rings. The molecule has 1 saturated heterocycles. The smallest absolute Gasteiger partial charge is 0.228 e. The summed E-state index contributed by atoms with van der Waals surface area (Å²) in [5.41, 5.74) is 1.03. The van der Waals surface area contributed by atoms with Crippen LogP contribution in [0.15, 0.2) is 30.3 Å². The molecule has 110 valence electrons. The summed E-state index contributed by atoms with van der Waals surface area (Å²) in [6, 6.07) is 10.8. The minimum absolute atomic E-state index is 0.253. The number of benzene rings is 1. The SMILES string of the molecule is CCC(C)(C)C(=O)N1CCCCCC1c1ccccc1. The molecule has 1 unspecified atom stereocenters. The zero-order chi connectivity index (χ0) is 14.6. The molecule has 0 aliphatic carbocycles. The summed E-state index contributed by atoms with van der Waals surface area (Å²) in [6.07, 6.45) is 5.57. The molecule has 1 aromatic carbocycles. The van der Waals surface area contributed by atoms with E-state index < -0.39 is 0 Å². The third-order valence-corrected chi connectivity index (χ3v) is 4.66. The van der Waals surface area contributed by atoms with Crippen LogP contribution in [-0.2, 0) is 4.79 Å². The monoisotopic (exact) mass is 273 g/mol. The fourth-order valence-electron chi connectivity index (χ4n) is 2.91. The van der Waals surface area contributed by atoms with Crippen molar-refractivity contribution < 1.29 is 4.79 Å². The van der Waals surface area contributed by atoms with Gasteiger partial charge >= 0.3 is 0 Å². The second-order valence-electron chi connectivity index (χ2n) is 6.51. The van der Waals surface area contributed by atoms with E-state index in [1.165, 1.54) is 18.4 Å². The lowest BCUT2D eigenvalue weighted by molar-refractivity contribution is -0.143. The maximum atomic E-state index is 12.9. The van der Waals surface area contributed by atoms with Crippen LogP contribution >= 0.6 is 0 Å². The number of carbonyl (C=O) groups is 1. The zero-order valence-electron chi connectivity index (χ0n) is 13.1. The topological polar surface area (TPSA) is 20.3 Å². The van der Waals surface area contributed by atoms with Gasteiger partial charge in [0.25, 0.3) is 0 Å². The second kappa shape index (κ2) is 6.43. The predicted molar refractivity (Wildman–Crippen MR) is 83.4 cm³/mol. The first-order valence-corrected chi connectivity index (χ1v) is 7.92. The van der Waals surface area contributed by atoms with Crippen molar-refractivity contribution >= 4 is 5.91 Å². The van der Waals surface area contributed by atoms with Crippen molar-refractivity contribution in [2.24, 2.45) is 5.41 Å². The molecule has 1 atom stereocenters. The Morgan fingerprint density at radius 3 is 2.55 bits per heavy atom. The second-order valence-corrected chi connectivity index (χ2v) is 6.51. The normalized spacial score (nSPS) is 20.6. The summed E-state index contributed by atoms with van der Waals surface area (Å²) in [5.74, 6) is 0.316. The molecule has 0 aromatic heterocycles. The van der Waals surface area contributed by atoms with E-state index >= 15 is 0 Å². The largest absolute Gasteiger partial charge is 0.335 e. The van der Waals surface area contributed by atoms with Crippen molar-refractivity contribution in [2.45, 2.75) is 58.9 Å². The summed E-state index contributed by atoms with van der Waals surface area (Å²) >= 11 is 0. The quantitative estimate of drug-likeness (QED) is 0.790. The number of nitrogens with zero attached hydrogens (tertiary/aromatic N) is 1. The van der Waals surface area contributed by atoms with Crippen molar-refractivity contribution in [1.82, 2.24) is 4.90 Å². The molecule has 1 heterocycles. The van der Waals surface area contributed by atoms with E-state index in [2.05, 4.69) is 49.9 Å². The highest BCUT2D eigenvalue weighted by Crippen LogP contribution is 2.34. The molecule has 2 heteroatoms. The van der Waals surface area contributed by atoms with Crippen LogP contribution in [0.1, 0.15) is 64.5 Å². The van der Waals surface area contributed by atoms with E-state index in [0.29, 0.717) is 5.91 Å². The number of hydrogen-bond donors (Lipinski definition) is 0. The van der Waals surface area contributed by atoms with Crippen molar-refractivity contribution in [1.29, 1.82) is 0 Å². The van der Waals surface area contributed by atoms with E-state index in [-0.39, 0.29) is 11.5 Å². The van der Waals surface area contributed by atoms with Crippen LogP contribution in [0.4, 0.5) is 0 Å². The molecule has 0 spiro atoms. The van der Waals surface area contributed by atoms with Crippen LogP contribution in [-0.4, -0.2) is 17.4 Å². The average molecular weight is 273 g/mol. The number of rotatable bonds is 3. The van der Waals surface area contributed by atoms with Gasteiger partial charge in [-0.15, -0.1) is 0 Å². The van der Waals surface area contributed by atoms with E-state index in [0.717, 1.165) is 25.8 Å². The minimum Gasteiger partial charge on any atom is -0.335 e. The third-order valence-electron chi connectivity index (χ3n) is 4.66. The van der Waals surface area contributed by atoms with Gasteiger partial charge in [0.1, 0.15) is 0 Å². The third kappa shape index (κ3) is 3.23. The molecule has 0 saturated carbocycles. The fraction of sp³-hybridized carbons (Fsp3) is 0.611. The van der Waals surface area contributed by atoms with Crippen molar-refractivity contribution in [2.75, 3.05) is 6.54 Å². The molecule has 20 heavy (non-hydrogen) atoms.